The van der Waals surface area contributed by atoms with Gasteiger partial charge >= 0.3 is 0 Å². The van der Waals surface area contributed by atoms with Gasteiger partial charge in [0.05, 0.1) is 5.69 Å². The summed E-state index contributed by atoms with van der Waals surface area (Å²) in [7, 11) is 4.25. The van der Waals surface area contributed by atoms with Crippen molar-refractivity contribution in [1.82, 2.24) is 20.0 Å². The lowest BCUT2D eigenvalue weighted by atomic mass is 9.86. The zero-order valence-corrected chi connectivity index (χ0v) is 18.9. The lowest BCUT2D eigenvalue weighted by Crippen LogP contribution is -2.27. The molecular formula is C23H44N4O. The van der Waals surface area contributed by atoms with E-state index in [2.05, 4.69) is 35.8 Å². The Morgan fingerprint density at radius 3 is 2.68 bits per heavy atom. The van der Waals surface area contributed by atoms with Gasteiger partial charge in [-0.25, -0.2) is 0 Å². The van der Waals surface area contributed by atoms with Crippen molar-refractivity contribution in [3.8, 4) is 0 Å². The number of unbranched alkanes of at least 4 members (excludes halogenated alkanes) is 3. The Kier molecular flexibility index (Phi) is 11.1. The highest BCUT2D eigenvalue weighted by atomic mass is 16.5. The van der Waals surface area contributed by atoms with Gasteiger partial charge in [-0.3, -0.25) is 9.58 Å². The van der Waals surface area contributed by atoms with Gasteiger partial charge in [0.25, 0.3) is 0 Å². The third-order valence-electron chi connectivity index (χ3n) is 5.98. The molecule has 0 amide bonds. The molecule has 1 aliphatic rings. The predicted molar refractivity (Wildman–Crippen MR) is 118 cm³/mol. The summed E-state index contributed by atoms with van der Waals surface area (Å²) in [5.41, 5.74) is 4.50. The molecule has 0 aromatic carbocycles. The molecule has 2 rings (SSSR count). The molecule has 0 saturated carbocycles. The zero-order valence-electron chi connectivity index (χ0n) is 18.9. The maximum absolute atomic E-state index is 5.56. The largest absolute Gasteiger partial charge is 0.382 e. The first-order chi connectivity index (χ1) is 13.7. The molecule has 1 aromatic heterocycles. The number of rotatable bonds is 16. The maximum Gasteiger partial charge on any atom is 0.0802 e. The fourth-order valence-corrected chi connectivity index (χ4v) is 4.45. The molecule has 162 valence electrons. The highest BCUT2D eigenvalue weighted by molar-refractivity contribution is 5.32. The number of ether oxygens (including phenoxy) is 1. The van der Waals surface area contributed by atoms with E-state index < -0.39 is 0 Å². The summed E-state index contributed by atoms with van der Waals surface area (Å²) in [6, 6.07) is 0. The van der Waals surface area contributed by atoms with Crippen LogP contribution >= 0.6 is 0 Å². The Bertz CT molecular complexity index is 543. The average Bonchev–Trinajstić information content (AvgIpc) is 3.26. The first-order valence-corrected chi connectivity index (χ1v) is 11.7. The molecule has 5 heteroatoms. The van der Waals surface area contributed by atoms with Crippen LogP contribution in [0.2, 0.25) is 0 Å². The number of hydrogen-bond acceptors (Lipinski definition) is 4. The Balaban J connectivity index is 2.11. The van der Waals surface area contributed by atoms with Crippen LogP contribution < -0.4 is 5.32 Å². The average molecular weight is 393 g/mol. The number of aromatic nitrogens is 2. The second kappa shape index (κ2) is 13.3. The topological polar surface area (TPSA) is 42.3 Å². The molecule has 0 bridgehead atoms. The Morgan fingerprint density at radius 1 is 1.18 bits per heavy atom. The van der Waals surface area contributed by atoms with E-state index in [1.54, 1.807) is 11.3 Å². The molecule has 5 nitrogen and oxygen atoms in total. The second-order valence-electron chi connectivity index (χ2n) is 8.36. The smallest absolute Gasteiger partial charge is 0.0802 e. The van der Waals surface area contributed by atoms with Gasteiger partial charge in [0.2, 0.25) is 0 Å². The van der Waals surface area contributed by atoms with Gasteiger partial charge in [0.15, 0.2) is 0 Å². The van der Waals surface area contributed by atoms with Crippen LogP contribution in [0.1, 0.15) is 88.1 Å². The summed E-state index contributed by atoms with van der Waals surface area (Å²) in [4.78, 5) is 2.41. The fourth-order valence-electron chi connectivity index (χ4n) is 4.45. The minimum atomic E-state index is 0.669. The van der Waals surface area contributed by atoms with Crippen LogP contribution in [0.25, 0.3) is 0 Å². The molecule has 28 heavy (non-hydrogen) atoms. The van der Waals surface area contributed by atoms with E-state index in [-0.39, 0.29) is 0 Å². The van der Waals surface area contributed by atoms with Crippen molar-refractivity contribution in [1.29, 1.82) is 0 Å². The van der Waals surface area contributed by atoms with E-state index in [9.17, 15) is 0 Å². The third kappa shape index (κ3) is 7.16. The van der Waals surface area contributed by atoms with E-state index in [0.29, 0.717) is 5.92 Å². The molecule has 1 atom stereocenters. The molecule has 0 aliphatic carbocycles. The first-order valence-electron chi connectivity index (χ1n) is 11.7. The minimum Gasteiger partial charge on any atom is -0.382 e. The van der Waals surface area contributed by atoms with Crippen molar-refractivity contribution in [3.63, 3.8) is 0 Å². The van der Waals surface area contributed by atoms with Crippen LogP contribution in [-0.2, 0) is 24.2 Å². The van der Waals surface area contributed by atoms with E-state index in [0.717, 1.165) is 39.4 Å². The Labute approximate surface area is 173 Å². The molecular weight excluding hydrogens is 348 g/mol. The summed E-state index contributed by atoms with van der Waals surface area (Å²) in [6.45, 7) is 10.3. The molecule has 2 heterocycles. The molecule has 0 spiro atoms. The number of nitrogens with one attached hydrogen (secondary N) is 1. The Hall–Kier alpha value is -0.910. The van der Waals surface area contributed by atoms with Crippen LogP contribution in [0.15, 0.2) is 0 Å². The quantitative estimate of drug-likeness (QED) is 0.425. The second-order valence-corrected chi connectivity index (χ2v) is 8.36. The molecule has 0 saturated heterocycles. The van der Waals surface area contributed by atoms with Crippen molar-refractivity contribution in [3.05, 3.63) is 17.0 Å². The summed E-state index contributed by atoms with van der Waals surface area (Å²) < 4.78 is 7.89. The van der Waals surface area contributed by atoms with Crippen molar-refractivity contribution in [2.24, 2.45) is 0 Å². The molecule has 0 fully saturated rings. The lowest BCUT2D eigenvalue weighted by molar-refractivity contribution is 0.142. The monoisotopic (exact) mass is 392 g/mol. The lowest BCUT2D eigenvalue weighted by Gasteiger charge is -2.21. The van der Waals surface area contributed by atoms with Crippen LogP contribution in [0.3, 0.4) is 0 Å². The SMILES string of the molecule is CCCCC[C@H](CCCCOCC)c1c(CN(C)CCNC)nn2c1CCC2. The highest BCUT2D eigenvalue weighted by Gasteiger charge is 2.27. The molecule has 1 aromatic rings. The number of hydrogen-bond donors (Lipinski definition) is 1. The van der Waals surface area contributed by atoms with E-state index in [4.69, 9.17) is 9.84 Å². The van der Waals surface area contributed by atoms with Gasteiger partial charge in [0.1, 0.15) is 0 Å². The molecule has 1 aliphatic heterocycles. The van der Waals surface area contributed by atoms with E-state index >= 15 is 0 Å². The maximum atomic E-state index is 5.56. The molecule has 1 N–H and O–H groups in total. The van der Waals surface area contributed by atoms with Crippen molar-refractivity contribution >= 4 is 0 Å². The van der Waals surface area contributed by atoms with Crippen LogP contribution in [0.4, 0.5) is 0 Å². The standard InChI is InChI=1S/C23H44N4O/c1-5-7-8-12-20(13-9-10-18-28-6-2)23-21(19-26(4)17-15-24-3)25-27-16-11-14-22(23)27/h20,24H,5-19H2,1-4H3/t20-/m1/s1. The number of fused-ring (bicyclic) bond motifs is 1. The number of likely N-dealkylation sites (N-methyl/N-ethyl adjacent to an activating group) is 2. The zero-order chi connectivity index (χ0) is 20.2. The van der Waals surface area contributed by atoms with Crippen LogP contribution in [0.5, 0.6) is 0 Å². The van der Waals surface area contributed by atoms with Gasteiger partial charge in [-0.15, -0.1) is 0 Å². The van der Waals surface area contributed by atoms with E-state index in [1.807, 2.05) is 7.05 Å². The third-order valence-corrected chi connectivity index (χ3v) is 5.98. The Morgan fingerprint density at radius 2 is 1.96 bits per heavy atom. The summed E-state index contributed by atoms with van der Waals surface area (Å²) in [6.07, 6.45) is 11.5. The van der Waals surface area contributed by atoms with Gasteiger partial charge in [-0.1, -0.05) is 32.6 Å². The van der Waals surface area contributed by atoms with Crippen molar-refractivity contribution in [2.75, 3.05) is 40.4 Å². The normalized spacial score (nSPS) is 14.8. The summed E-state index contributed by atoms with van der Waals surface area (Å²) in [5.74, 6) is 0.669. The van der Waals surface area contributed by atoms with Gasteiger partial charge in [0, 0.05) is 50.7 Å². The number of aryl methyl sites for hydroxylation is 1. The van der Waals surface area contributed by atoms with Crippen LogP contribution in [0, 0.1) is 0 Å². The molecule has 0 radical (unpaired) electrons. The number of nitrogens with zero attached hydrogens (tertiary/aromatic N) is 3. The van der Waals surface area contributed by atoms with Gasteiger partial charge in [-0.2, -0.15) is 5.10 Å². The van der Waals surface area contributed by atoms with Gasteiger partial charge in [-0.05, 0) is 59.0 Å². The minimum absolute atomic E-state index is 0.669. The fraction of sp³-hybridized carbons (Fsp3) is 0.870. The summed E-state index contributed by atoms with van der Waals surface area (Å²) in [5, 5.41) is 8.34. The van der Waals surface area contributed by atoms with Crippen LogP contribution in [-0.4, -0.2) is 55.1 Å². The van der Waals surface area contributed by atoms with Crippen molar-refractivity contribution < 1.29 is 4.74 Å². The first kappa shape index (κ1) is 23.4. The molecule has 0 unspecified atom stereocenters. The van der Waals surface area contributed by atoms with E-state index in [1.165, 1.54) is 63.5 Å². The summed E-state index contributed by atoms with van der Waals surface area (Å²) >= 11 is 0. The van der Waals surface area contributed by atoms with Crippen molar-refractivity contribution in [2.45, 2.75) is 90.6 Å². The van der Waals surface area contributed by atoms with Gasteiger partial charge < -0.3 is 10.1 Å². The highest BCUT2D eigenvalue weighted by Crippen LogP contribution is 2.36. The predicted octanol–water partition coefficient (Wildman–Crippen LogP) is 4.35.